The number of halogens is 2. The molecule has 0 saturated carbocycles. The molecule has 3 N–H and O–H groups in total. The van der Waals surface area contributed by atoms with Crippen LogP contribution in [0.3, 0.4) is 0 Å². The summed E-state index contributed by atoms with van der Waals surface area (Å²) in [5.74, 6) is -0.392. The van der Waals surface area contributed by atoms with Gasteiger partial charge in [0, 0.05) is 12.1 Å². The molecule has 1 unspecified atom stereocenters. The minimum atomic E-state index is -0.392. The third-order valence-electron chi connectivity index (χ3n) is 3.21. The monoisotopic (exact) mass is 253 g/mol. The number of hydrogen-bond acceptors (Lipinski definition) is 3. The molecule has 2 heterocycles. The van der Waals surface area contributed by atoms with Gasteiger partial charge in [0.05, 0.1) is 11.7 Å². The van der Waals surface area contributed by atoms with E-state index >= 15 is 0 Å². The second kappa shape index (κ2) is 4.29. The van der Waals surface area contributed by atoms with Gasteiger partial charge in [0.2, 0.25) is 0 Å². The Bertz CT molecular complexity index is 487. The Balaban J connectivity index is 1.99. The molecule has 2 aliphatic heterocycles. The van der Waals surface area contributed by atoms with E-state index in [0.29, 0.717) is 5.69 Å². The lowest BCUT2D eigenvalue weighted by molar-refractivity contribution is 0.615. The van der Waals surface area contributed by atoms with Gasteiger partial charge in [0.25, 0.3) is 0 Å². The van der Waals surface area contributed by atoms with Crippen molar-refractivity contribution in [1.29, 1.82) is 0 Å². The van der Waals surface area contributed by atoms with E-state index in [-0.39, 0.29) is 11.1 Å². The van der Waals surface area contributed by atoms with Crippen LogP contribution in [0.2, 0.25) is 5.02 Å². The minimum Gasteiger partial charge on any atom is -0.319 e. The predicted molar refractivity (Wildman–Crippen MR) is 66.5 cm³/mol. The van der Waals surface area contributed by atoms with Crippen LogP contribution < -0.4 is 16.2 Å². The molecule has 0 fully saturated rings. The molecule has 1 aromatic carbocycles. The molecule has 2 aliphatic rings. The fraction of sp³-hybridized carbons (Fsp3) is 0.333. The molecular formula is C12H13ClFN3. The molecule has 5 heteroatoms. The molecule has 90 valence electrons. The number of benzene rings is 1. The van der Waals surface area contributed by atoms with Gasteiger partial charge in [-0.25, -0.2) is 9.82 Å². The van der Waals surface area contributed by atoms with E-state index in [9.17, 15) is 4.39 Å². The third-order valence-corrected chi connectivity index (χ3v) is 3.58. The maximum Gasteiger partial charge on any atom is 0.143 e. The predicted octanol–water partition coefficient (Wildman–Crippen LogP) is 2.37. The van der Waals surface area contributed by atoms with Gasteiger partial charge >= 0.3 is 0 Å². The molecule has 0 aromatic heterocycles. The lowest BCUT2D eigenvalue weighted by atomic mass is 9.96. The van der Waals surface area contributed by atoms with Crippen molar-refractivity contribution in [2.24, 2.45) is 0 Å². The quantitative estimate of drug-likeness (QED) is 0.673. The van der Waals surface area contributed by atoms with E-state index in [2.05, 4.69) is 22.2 Å². The Morgan fingerprint density at radius 2 is 2.24 bits per heavy atom. The molecule has 17 heavy (non-hydrogen) atoms. The van der Waals surface area contributed by atoms with E-state index in [1.165, 1.54) is 11.6 Å². The summed E-state index contributed by atoms with van der Waals surface area (Å²) in [4.78, 5) is 0. The van der Waals surface area contributed by atoms with E-state index in [1.54, 1.807) is 6.07 Å². The van der Waals surface area contributed by atoms with Crippen LogP contribution in [0.25, 0.3) is 0 Å². The minimum absolute atomic E-state index is 0.0795. The maximum absolute atomic E-state index is 13.3. The Morgan fingerprint density at radius 3 is 3.00 bits per heavy atom. The number of fused-ring (bicyclic) bond motifs is 1. The van der Waals surface area contributed by atoms with Crippen LogP contribution in [-0.2, 0) is 0 Å². The first-order valence-corrected chi connectivity index (χ1v) is 6.04. The van der Waals surface area contributed by atoms with Gasteiger partial charge in [-0.05, 0) is 24.6 Å². The van der Waals surface area contributed by atoms with E-state index in [1.807, 2.05) is 0 Å². The lowest BCUT2D eigenvalue weighted by Crippen LogP contribution is -2.30. The summed E-state index contributed by atoms with van der Waals surface area (Å²) in [5.41, 5.74) is 9.05. The summed E-state index contributed by atoms with van der Waals surface area (Å²) in [7, 11) is 0. The van der Waals surface area contributed by atoms with Gasteiger partial charge in [-0.15, -0.1) is 0 Å². The topological polar surface area (TPSA) is 36.1 Å². The zero-order chi connectivity index (χ0) is 11.8. The average Bonchev–Trinajstić information content (AvgIpc) is 2.79. The Hall–Kier alpha value is -1.10. The number of hydrazine groups is 1. The van der Waals surface area contributed by atoms with Crippen LogP contribution in [-0.4, -0.2) is 13.1 Å². The molecule has 0 aliphatic carbocycles. The standard InChI is InChI=1S/C12H13ClFN3/c13-10-9(14)4-3-8-11(16-17-12(8)10)7-2-1-5-15-6-7/h2-4,11,15-17H,1,5-6H2. The van der Waals surface area contributed by atoms with E-state index in [4.69, 9.17) is 11.6 Å². The first kappa shape index (κ1) is 11.0. The summed E-state index contributed by atoms with van der Waals surface area (Å²) in [6, 6.07) is 3.28. The number of rotatable bonds is 1. The van der Waals surface area contributed by atoms with Crippen molar-refractivity contribution in [3.8, 4) is 0 Å². The lowest BCUT2D eigenvalue weighted by Gasteiger charge is -2.20. The van der Waals surface area contributed by atoms with Gasteiger partial charge < -0.3 is 10.7 Å². The molecule has 0 radical (unpaired) electrons. The Kier molecular flexibility index (Phi) is 2.78. The molecule has 3 rings (SSSR count). The largest absolute Gasteiger partial charge is 0.319 e. The zero-order valence-corrected chi connectivity index (χ0v) is 9.94. The highest BCUT2D eigenvalue weighted by Gasteiger charge is 2.28. The summed E-state index contributed by atoms with van der Waals surface area (Å²) < 4.78 is 13.3. The highest BCUT2D eigenvalue weighted by molar-refractivity contribution is 6.33. The fourth-order valence-corrected chi connectivity index (χ4v) is 2.55. The fourth-order valence-electron chi connectivity index (χ4n) is 2.33. The summed E-state index contributed by atoms with van der Waals surface area (Å²) in [6.45, 7) is 1.87. The summed E-state index contributed by atoms with van der Waals surface area (Å²) >= 11 is 5.93. The van der Waals surface area contributed by atoms with Crippen molar-refractivity contribution in [3.05, 3.63) is 40.2 Å². The van der Waals surface area contributed by atoms with E-state index in [0.717, 1.165) is 25.1 Å². The van der Waals surface area contributed by atoms with Crippen molar-refractivity contribution in [2.45, 2.75) is 12.5 Å². The zero-order valence-electron chi connectivity index (χ0n) is 9.19. The molecule has 0 spiro atoms. The molecule has 1 atom stereocenters. The van der Waals surface area contributed by atoms with Gasteiger partial charge in [0.1, 0.15) is 10.8 Å². The van der Waals surface area contributed by atoms with Crippen molar-refractivity contribution >= 4 is 17.3 Å². The van der Waals surface area contributed by atoms with Crippen molar-refractivity contribution in [3.63, 3.8) is 0 Å². The summed E-state index contributed by atoms with van der Waals surface area (Å²) in [6.07, 6.45) is 3.25. The van der Waals surface area contributed by atoms with Crippen LogP contribution in [0.1, 0.15) is 18.0 Å². The smallest absolute Gasteiger partial charge is 0.143 e. The van der Waals surface area contributed by atoms with Gasteiger partial charge in [0.15, 0.2) is 0 Å². The van der Waals surface area contributed by atoms with E-state index < -0.39 is 5.82 Å². The van der Waals surface area contributed by atoms with Gasteiger partial charge in [-0.3, -0.25) is 0 Å². The van der Waals surface area contributed by atoms with Crippen LogP contribution >= 0.6 is 11.6 Å². The average molecular weight is 254 g/mol. The third kappa shape index (κ3) is 1.82. The number of anilines is 1. The maximum atomic E-state index is 13.3. The summed E-state index contributed by atoms with van der Waals surface area (Å²) in [5, 5.41) is 3.48. The molecule has 0 amide bonds. The highest BCUT2D eigenvalue weighted by atomic mass is 35.5. The molecule has 1 aromatic rings. The molecule has 0 saturated heterocycles. The van der Waals surface area contributed by atoms with Crippen molar-refractivity contribution < 1.29 is 4.39 Å². The first-order chi connectivity index (χ1) is 8.27. The Labute approximate surface area is 104 Å². The second-order valence-corrected chi connectivity index (χ2v) is 4.65. The van der Waals surface area contributed by atoms with Crippen LogP contribution in [0.15, 0.2) is 23.8 Å². The first-order valence-electron chi connectivity index (χ1n) is 5.66. The molecule has 3 nitrogen and oxygen atoms in total. The van der Waals surface area contributed by atoms with Gasteiger partial charge in [-0.2, -0.15) is 0 Å². The van der Waals surface area contributed by atoms with Gasteiger partial charge in [-0.1, -0.05) is 23.7 Å². The van der Waals surface area contributed by atoms with Crippen LogP contribution in [0.4, 0.5) is 10.1 Å². The Morgan fingerprint density at radius 1 is 1.35 bits per heavy atom. The van der Waals surface area contributed by atoms with Crippen molar-refractivity contribution in [1.82, 2.24) is 10.7 Å². The SMILES string of the molecule is Fc1ccc2c(c1Cl)NNC2C1=CCCNC1. The molecular weight excluding hydrogens is 241 g/mol. The number of hydrogen-bond donors (Lipinski definition) is 3. The highest BCUT2D eigenvalue weighted by Crippen LogP contribution is 2.39. The normalized spacial score (nSPS) is 22.9. The van der Waals surface area contributed by atoms with Crippen LogP contribution in [0, 0.1) is 5.82 Å². The van der Waals surface area contributed by atoms with Crippen LogP contribution in [0.5, 0.6) is 0 Å². The molecule has 0 bridgehead atoms. The second-order valence-electron chi connectivity index (χ2n) is 4.27. The van der Waals surface area contributed by atoms with Crippen molar-refractivity contribution in [2.75, 3.05) is 18.5 Å². The number of nitrogens with one attached hydrogen (secondary N) is 3.